The average molecular weight is 513 g/mol. The Morgan fingerprint density at radius 2 is 1.67 bits per heavy atom. The van der Waals surface area contributed by atoms with Crippen molar-refractivity contribution >= 4 is 34.6 Å². The lowest BCUT2D eigenvalue weighted by Gasteiger charge is -2.13. The van der Waals surface area contributed by atoms with Crippen LogP contribution in [0.5, 0.6) is 5.75 Å². The Balaban J connectivity index is 1.65. The normalized spacial score (nSPS) is 12.0. The first-order valence-corrected chi connectivity index (χ1v) is 11.3. The van der Waals surface area contributed by atoms with Gasteiger partial charge in [-0.1, -0.05) is 61.8 Å². The number of halogens is 4. The largest absolute Gasteiger partial charge is 0.450 e. The van der Waals surface area contributed by atoms with Crippen molar-refractivity contribution in [3.63, 3.8) is 0 Å². The van der Waals surface area contributed by atoms with E-state index in [-0.39, 0.29) is 22.3 Å². The summed E-state index contributed by atoms with van der Waals surface area (Å²) < 4.78 is 51.8. The minimum Gasteiger partial charge on any atom is -0.450 e. The van der Waals surface area contributed by atoms with E-state index in [4.69, 9.17) is 20.8 Å². The van der Waals surface area contributed by atoms with Gasteiger partial charge < -0.3 is 9.15 Å². The fraction of sp³-hybridized carbons (Fsp3) is 0.143. The summed E-state index contributed by atoms with van der Waals surface area (Å²) in [4.78, 5) is 25.3. The van der Waals surface area contributed by atoms with Gasteiger partial charge in [-0.2, -0.15) is 13.2 Å². The van der Waals surface area contributed by atoms with Crippen LogP contribution in [0.3, 0.4) is 0 Å². The van der Waals surface area contributed by atoms with Gasteiger partial charge in [0.2, 0.25) is 11.2 Å². The molecule has 3 aromatic carbocycles. The van der Waals surface area contributed by atoms with Crippen molar-refractivity contribution in [2.24, 2.45) is 0 Å². The second-order valence-corrected chi connectivity index (χ2v) is 8.81. The van der Waals surface area contributed by atoms with Crippen molar-refractivity contribution in [1.82, 2.24) is 0 Å². The number of hydrogen-bond acceptors (Lipinski definition) is 4. The first-order valence-electron chi connectivity index (χ1n) is 11.0. The predicted molar refractivity (Wildman–Crippen MR) is 133 cm³/mol. The van der Waals surface area contributed by atoms with Gasteiger partial charge in [0.15, 0.2) is 0 Å². The van der Waals surface area contributed by atoms with Gasteiger partial charge in [0.05, 0.1) is 10.9 Å². The molecule has 36 heavy (non-hydrogen) atoms. The van der Waals surface area contributed by atoms with Crippen molar-refractivity contribution in [2.75, 3.05) is 0 Å². The number of fused-ring (bicyclic) bond motifs is 1. The molecule has 0 aliphatic rings. The highest BCUT2D eigenvalue weighted by Crippen LogP contribution is 2.38. The lowest BCUT2D eigenvalue weighted by atomic mass is 10.0. The Morgan fingerprint density at radius 1 is 1.00 bits per heavy atom. The predicted octanol–water partition coefficient (Wildman–Crippen LogP) is 7.87. The third kappa shape index (κ3) is 5.52. The summed E-state index contributed by atoms with van der Waals surface area (Å²) in [5.74, 6) is -1.88. The van der Waals surface area contributed by atoms with Crippen LogP contribution in [0, 0.1) is 0 Å². The lowest BCUT2D eigenvalue weighted by molar-refractivity contribution is -0.152. The molecule has 0 fully saturated rings. The highest BCUT2D eigenvalue weighted by molar-refractivity contribution is 6.30. The van der Waals surface area contributed by atoms with E-state index in [0.717, 1.165) is 17.2 Å². The van der Waals surface area contributed by atoms with E-state index in [0.29, 0.717) is 10.9 Å². The number of ether oxygens (including phenoxy) is 1. The smallest absolute Gasteiger partial charge is 0.450 e. The van der Waals surface area contributed by atoms with Crippen LogP contribution >= 0.6 is 11.6 Å². The van der Waals surface area contributed by atoms with Crippen molar-refractivity contribution in [3.8, 4) is 16.9 Å². The second-order valence-electron chi connectivity index (χ2n) is 8.37. The molecule has 0 N–H and O–H groups in total. The van der Waals surface area contributed by atoms with E-state index >= 15 is 0 Å². The molecule has 1 aromatic heterocycles. The van der Waals surface area contributed by atoms with E-state index in [1.54, 1.807) is 6.08 Å². The number of alkyl halides is 3. The van der Waals surface area contributed by atoms with E-state index < -0.39 is 28.9 Å². The van der Waals surface area contributed by atoms with Crippen molar-refractivity contribution < 1.29 is 27.1 Å². The van der Waals surface area contributed by atoms with Crippen molar-refractivity contribution in [3.05, 3.63) is 105 Å². The van der Waals surface area contributed by atoms with Gasteiger partial charge in [-0.3, -0.25) is 4.79 Å². The Morgan fingerprint density at radius 3 is 2.28 bits per heavy atom. The molecule has 184 valence electrons. The first-order chi connectivity index (χ1) is 17.0. The molecule has 0 bridgehead atoms. The van der Waals surface area contributed by atoms with E-state index in [1.165, 1.54) is 42.5 Å². The Kier molecular flexibility index (Phi) is 7.04. The highest BCUT2D eigenvalue weighted by Gasteiger charge is 2.39. The second kappa shape index (κ2) is 10.0. The van der Waals surface area contributed by atoms with Crippen LogP contribution in [0.1, 0.15) is 36.7 Å². The van der Waals surface area contributed by atoms with Crippen LogP contribution in [-0.2, 0) is 11.0 Å². The number of rotatable bonds is 5. The molecule has 0 amide bonds. The van der Waals surface area contributed by atoms with Crippen LogP contribution in [0.15, 0.2) is 82.0 Å². The van der Waals surface area contributed by atoms with Crippen LogP contribution in [0.2, 0.25) is 5.02 Å². The molecule has 4 nitrogen and oxygen atoms in total. The number of carbonyl (C=O) groups is 1. The summed E-state index contributed by atoms with van der Waals surface area (Å²) in [6.07, 6.45) is -2.17. The summed E-state index contributed by atoms with van der Waals surface area (Å²) in [6, 6.07) is 16.7. The van der Waals surface area contributed by atoms with Crippen LogP contribution in [0.4, 0.5) is 13.2 Å². The summed E-state index contributed by atoms with van der Waals surface area (Å²) in [6.45, 7) is 4.15. The van der Waals surface area contributed by atoms with E-state index in [1.807, 2.05) is 24.3 Å². The zero-order valence-corrected chi connectivity index (χ0v) is 20.0. The maximum atomic E-state index is 13.8. The summed E-state index contributed by atoms with van der Waals surface area (Å²) in [5.41, 5.74) is 0.111. The van der Waals surface area contributed by atoms with Gasteiger partial charge in [0, 0.05) is 17.2 Å². The Bertz CT molecular complexity index is 1500. The van der Waals surface area contributed by atoms with Gasteiger partial charge in [0.1, 0.15) is 11.3 Å². The summed E-state index contributed by atoms with van der Waals surface area (Å²) >= 11 is 5.83. The van der Waals surface area contributed by atoms with E-state index in [9.17, 15) is 22.8 Å². The quantitative estimate of drug-likeness (QED) is 0.155. The van der Waals surface area contributed by atoms with Crippen LogP contribution in [-0.4, -0.2) is 5.97 Å². The molecule has 0 saturated heterocycles. The molecule has 0 unspecified atom stereocenters. The Hall–Kier alpha value is -3.84. The molecule has 0 radical (unpaired) electrons. The van der Waals surface area contributed by atoms with Gasteiger partial charge >= 0.3 is 12.1 Å². The standard InChI is InChI=1S/C28H20ClF3O4/c1-16(2)18-6-3-17(4-7-18)5-14-24(33)35-21-12-13-22-23(15-21)36-27(28(30,31)32)25(26(22)34)19-8-10-20(29)11-9-19/h3-16H,1-2H3/b14-5+. The summed E-state index contributed by atoms with van der Waals surface area (Å²) in [7, 11) is 0. The fourth-order valence-electron chi connectivity index (χ4n) is 3.62. The minimum atomic E-state index is -4.94. The number of benzene rings is 3. The maximum absolute atomic E-state index is 13.8. The monoisotopic (exact) mass is 512 g/mol. The molecule has 0 atom stereocenters. The molecule has 8 heteroatoms. The molecule has 4 aromatic rings. The third-order valence-corrected chi connectivity index (χ3v) is 5.74. The zero-order chi connectivity index (χ0) is 26.0. The molecule has 0 spiro atoms. The molecule has 0 saturated carbocycles. The number of esters is 1. The van der Waals surface area contributed by atoms with Gasteiger partial charge in [-0.25, -0.2) is 4.79 Å². The molecule has 1 heterocycles. The number of carbonyl (C=O) groups excluding carboxylic acids is 1. The summed E-state index contributed by atoms with van der Waals surface area (Å²) in [5, 5.41) is 0.221. The van der Waals surface area contributed by atoms with Crippen LogP contribution < -0.4 is 10.2 Å². The molecule has 0 aliphatic carbocycles. The maximum Gasteiger partial charge on any atom is 0.450 e. The fourth-order valence-corrected chi connectivity index (χ4v) is 3.75. The highest BCUT2D eigenvalue weighted by atomic mass is 35.5. The lowest BCUT2D eigenvalue weighted by Crippen LogP contribution is -2.16. The zero-order valence-electron chi connectivity index (χ0n) is 19.2. The third-order valence-electron chi connectivity index (χ3n) is 5.49. The minimum absolute atomic E-state index is 0.0180. The number of hydrogen-bond donors (Lipinski definition) is 0. The molecule has 4 rings (SSSR count). The molecular weight excluding hydrogens is 493 g/mol. The Labute approximate surface area is 209 Å². The van der Waals surface area contributed by atoms with Gasteiger partial charge in [-0.05, 0) is 52.9 Å². The molecular formula is C28H20ClF3O4. The van der Waals surface area contributed by atoms with Gasteiger partial charge in [-0.15, -0.1) is 0 Å². The topological polar surface area (TPSA) is 56.5 Å². The van der Waals surface area contributed by atoms with Crippen molar-refractivity contribution in [2.45, 2.75) is 25.9 Å². The average Bonchev–Trinajstić information content (AvgIpc) is 2.83. The SMILES string of the molecule is CC(C)c1ccc(/C=C/C(=O)Oc2ccc3c(=O)c(-c4ccc(Cl)cc4)c(C(F)(F)F)oc3c2)cc1. The van der Waals surface area contributed by atoms with Gasteiger partial charge in [0.25, 0.3) is 0 Å². The van der Waals surface area contributed by atoms with Crippen molar-refractivity contribution in [1.29, 1.82) is 0 Å². The van der Waals surface area contributed by atoms with Crippen LogP contribution in [0.25, 0.3) is 28.2 Å². The first kappa shape index (κ1) is 25.3. The van der Waals surface area contributed by atoms with E-state index in [2.05, 4.69) is 13.8 Å². The molecule has 0 aliphatic heterocycles.